The van der Waals surface area contributed by atoms with E-state index < -0.39 is 0 Å². The minimum absolute atomic E-state index is 0.175. The van der Waals surface area contributed by atoms with Crippen LogP contribution < -0.4 is 0 Å². The van der Waals surface area contributed by atoms with Gasteiger partial charge in [0.1, 0.15) is 0 Å². The topological polar surface area (TPSA) is 51.0 Å². The number of likely N-dealkylation sites (tertiary alicyclic amines) is 1. The molecule has 0 spiro atoms. The number of amides is 1. The van der Waals surface area contributed by atoms with Gasteiger partial charge in [-0.15, -0.1) is 10.2 Å². The van der Waals surface area contributed by atoms with Crippen molar-refractivity contribution in [3.63, 3.8) is 0 Å². The number of thioether (sulfide) groups is 1. The van der Waals surface area contributed by atoms with Crippen LogP contribution in [0, 0.1) is 6.92 Å². The third kappa shape index (κ3) is 3.65. The Bertz CT molecular complexity index is 778. The molecular weight excluding hydrogens is 344 g/mol. The van der Waals surface area contributed by atoms with Crippen LogP contribution >= 0.6 is 11.8 Å². The Hall–Kier alpha value is -1.82. The molecule has 0 saturated carbocycles. The molecule has 0 radical (unpaired) electrons. The van der Waals surface area contributed by atoms with Gasteiger partial charge in [0, 0.05) is 24.7 Å². The van der Waals surface area contributed by atoms with Crippen molar-refractivity contribution in [2.24, 2.45) is 7.05 Å². The highest BCUT2D eigenvalue weighted by Crippen LogP contribution is 2.30. The molecule has 1 aromatic heterocycles. The van der Waals surface area contributed by atoms with Crippen molar-refractivity contribution in [2.75, 3.05) is 0 Å². The zero-order valence-corrected chi connectivity index (χ0v) is 17.1. The normalized spacial score (nSPS) is 21.7. The third-order valence-electron chi connectivity index (χ3n) is 5.30. The number of carbonyl (C=O) groups excluding carboxylic acids is 1. The predicted molar refractivity (Wildman–Crippen MR) is 106 cm³/mol. The first kappa shape index (κ1) is 19.0. The fourth-order valence-corrected chi connectivity index (χ4v) is 4.62. The summed E-state index contributed by atoms with van der Waals surface area (Å²) in [5, 5.41) is 9.32. The number of hydrogen-bond acceptors (Lipinski definition) is 4. The van der Waals surface area contributed by atoms with Gasteiger partial charge in [-0.25, -0.2) is 0 Å². The Balaban J connectivity index is 1.77. The lowest BCUT2D eigenvalue weighted by atomic mass is 9.97. The summed E-state index contributed by atoms with van der Waals surface area (Å²) < 4.78 is 1.99. The minimum Gasteiger partial charge on any atom is -0.336 e. The quantitative estimate of drug-likeness (QED) is 0.760. The molecule has 0 bridgehead atoms. The third-order valence-corrected chi connectivity index (χ3v) is 6.42. The lowest BCUT2D eigenvalue weighted by Crippen LogP contribution is -2.50. The van der Waals surface area contributed by atoms with E-state index in [4.69, 9.17) is 0 Å². The standard InChI is InChI=1S/C20H28N4OS/c1-13-9-6-7-12-17(13)18-21-22-20(23(18)5)26-16(4)19(25)24-14(2)10-8-11-15(24)3/h6-7,9,12,14-16H,8,10-11H2,1-5H3/t14-,15+,16-/m0/s1. The molecule has 1 fully saturated rings. The summed E-state index contributed by atoms with van der Waals surface area (Å²) in [7, 11) is 1.97. The number of aromatic nitrogens is 3. The summed E-state index contributed by atoms with van der Waals surface area (Å²) in [5.41, 5.74) is 2.24. The van der Waals surface area contributed by atoms with Crippen LogP contribution in [-0.2, 0) is 11.8 Å². The molecule has 1 saturated heterocycles. The van der Waals surface area contributed by atoms with E-state index in [0.29, 0.717) is 12.1 Å². The van der Waals surface area contributed by atoms with Crippen LogP contribution in [0.3, 0.4) is 0 Å². The highest BCUT2D eigenvalue weighted by molar-refractivity contribution is 8.00. The van der Waals surface area contributed by atoms with Crippen LogP contribution in [-0.4, -0.2) is 42.9 Å². The first-order chi connectivity index (χ1) is 12.4. The number of carbonyl (C=O) groups is 1. The fraction of sp³-hybridized carbons (Fsp3) is 0.550. The smallest absolute Gasteiger partial charge is 0.236 e. The van der Waals surface area contributed by atoms with Gasteiger partial charge in [-0.3, -0.25) is 4.79 Å². The van der Waals surface area contributed by atoms with E-state index in [1.54, 1.807) is 0 Å². The number of benzene rings is 1. The molecule has 0 unspecified atom stereocenters. The summed E-state index contributed by atoms with van der Waals surface area (Å²) >= 11 is 1.50. The summed E-state index contributed by atoms with van der Waals surface area (Å²) in [6.45, 7) is 8.36. The Morgan fingerprint density at radius 3 is 2.50 bits per heavy atom. The summed E-state index contributed by atoms with van der Waals surface area (Å²) in [6.07, 6.45) is 3.39. The second kappa shape index (κ2) is 7.82. The van der Waals surface area contributed by atoms with E-state index in [-0.39, 0.29) is 11.2 Å². The number of aryl methyl sites for hydroxylation is 1. The second-order valence-electron chi connectivity index (χ2n) is 7.31. The Kier molecular flexibility index (Phi) is 5.70. The highest BCUT2D eigenvalue weighted by Gasteiger charge is 2.32. The Morgan fingerprint density at radius 1 is 1.19 bits per heavy atom. The van der Waals surface area contributed by atoms with Gasteiger partial charge in [0.2, 0.25) is 5.91 Å². The predicted octanol–water partition coefficient (Wildman–Crippen LogP) is 4.06. The summed E-state index contributed by atoms with van der Waals surface area (Å²) in [6, 6.07) is 8.79. The molecule has 1 aliphatic heterocycles. The number of rotatable bonds is 4. The van der Waals surface area contributed by atoms with Gasteiger partial charge in [0.25, 0.3) is 0 Å². The first-order valence-electron chi connectivity index (χ1n) is 9.34. The summed E-state index contributed by atoms with van der Waals surface area (Å²) in [5.74, 6) is 1.04. The van der Waals surface area contributed by atoms with Gasteiger partial charge in [-0.05, 0) is 52.5 Å². The van der Waals surface area contributed by atoms with Crippen molar-refractivity contribution >= 4 is 17.7 Å². The molecule has 1 amide bonds. The van der Waals surface area contributed by atoms with Crippen molar-refractivity contribution in [1.29, 1.82) is 0 Å². The Labute approximate surface area is 160 Å². The van der Waals surface area contributed by atoms with Crippen molar-refractivity contribution in [2.45, 2.75) is 69.4 Å². The van der Waals surface area contributed by atoms with Gasteiger partial charge >= 0.3 is 0 Å². The molecule has 0 aliphatic carbocycles. The van der Waals surface area contributed by atoms with Crippen LogP contribution in [0.15, 0.2) is 29.4 Å². The molecule has 5 nitrogen and oxygen atoms in total. The van der Waals surface area contributed by atoms with Crippen LogP contribution in [0.4, 0.5) is 0 Å². The molecule has 2 heterocycles. The summed E-state index contributed by atoms with van der Waals surface area (Å²) in [4.78, 5) is 15.1. The van der Waals surface area contributed by atoms with Gasteiger partial charge in [-0.2, -0.15) is 0 Å². The van der Waals surface area contributed by atoms with Gasteiger partial charge in [0.05, 0.1) is 5.25 Å². The molecule has 140 valence electrons. The van der Waals surface area contributed by atoms with Crippen molar-refractivity contribution in [3.8, 4) is 11.4 Å². The molecule has 26 heavy (non-hydrogen) atoms. The average Bonchev–Trinajstić information content (AvgIpc) is 2.95. The highest BCUT2D eigenvalue weighted by atomic mass is 32.2. The molecule has 3 rings (SSSR count). The first-order valence-corrected chi connectivity index (χ1v) is 10.2. The maximum absolute atomic E-state index is 13.0. The molecular formula is C20H28N4OS. The van der Waals surface area contributed by atoms with E-state index in [2.05, 4.69) is 48.0 Å². The van der Waals surface area contributed by atoms with E-state index in [1.165, 1.54) is 23.7 Å². The van der Waals surface area contributed by atoms with Crippen LogP contribution in [0.1, 0.15) is 45.6 Å². The fourth-order valence-electron chi connectivity index (χ4n) is 3.75. The number of piperidine rings is 1. The van der Waals surface area contributed by atoms with E-state index in [0.717, 1.165) is 29.4 Å². The van der Waals surface area contributed by atoms with E-state index in [9.17, 15) is 4.79 Å². The van der Waals surface area contributed by atoms with Crippen molar-refractivity contribution in [3.05, 3.63) is 29.8 Å². The number of hydrogen-bond donors (Lipinski definition) is 0. The molecule has 1 aliphatic rings. The van der Waals surface area contributed by atoms with Crippen LogP contribution in [0.25, 0.3) is 11.4 Å². The average molecular weight is 373 g/mol. The molecule has 6 heteroatoms. The van der Waals surface area contributed by atoms with Gasteiger partial charge in [-0.1, -0.05) is 36.0 Å². The monoisotopic (exact) mass is 372 g/mol. The lowest BCUT2D eigenvalue weighted by molar-refractivity contribution is -0.136. The van der Waals surface area contributed by atoms with Crippen LogP contribution in [0.5, 0.6) is 0 Å². The SMILES string of the molecule is Cc1ccccc1-c1nnc(S[C@@H](C)C(=O)N2[C@H](C)CCC[C@@H]2C)n1C. The molecule has 2 aromatic rings. The van der Waals surface area contributed by atoms with Crippen molar-refractivity contribution < 1.29 is 4.79 Å². The zero-order valence-electron chi connectivity index (χ0n) is 16.3. The maximum atomic E-state index is 13.0. The molecule has 3 atom stereocenters. The second-order valence-corrected chi connectivity index (χ2v) is 8.62. The maximum Gasteiger partial charge on any atom is 0.236 e. The van der Waals surface area contributed by atoms with E-state index in [1.807, 2.05) is 30.7 Å². The lowest BCUT2D eigenvalue weighted by Gasteiger charge is -2.40. The van der Waals surface area contributed by atoms with Gasteiger partial charge in [0.15, 0.2) is 11.0 Å². The number of nitrogens with zero attached hydrogens (tertiary/aromatic N) is 4. The Morgan fingerprint density at radius 2 is 1.85 bits per heavy atom. The largest absolute Gasteiger partial charge is 0.336 e. The zero-order chi connectivity index (χ0) is 18.8. The van der Waals surface area contributed by atoms with E-state index >= 15 is 0 Å². The molecule has 1 aromatic carbocycles. The van der Waals surface area contributed by atoms with Crippen LogP contribution in [0.2, 0.25) is 0 Å². The minimum atomic E-state index is -0.175. The van der Waals surface area contributed by atoms with Crippen molar-refractivity contribution in [1.82, 2.24) is 19.7 Å². The van der Waals surface area contributed by atoms with Gasteiger partial charge < -0.3 is 9.47 Å². The molecule has 0 N–H and O–H groups in total.